The molecule has 3 aromatic rings. The predicted molar refractivity (Wildman–Crippen MR) is 99.9 cm³/mol. The normalized spacial score (nSPS) is 14.5. The van der Waals surface area contributed by atoms with Crippen LogP contribution < -0.4 is 4.90 Å². The lowest BCUT2D eigenvalue weighted by Crippen LogP contribution is -2.36. The monoisotopic (exact) mass is 367 g/mol. The van der Waals surface area contributed by atoms with Crippen molar-refractivity contribution in [1.82, 2.24) is 19.6 Å². The van der Waals surface area contributed by atoms with E-state index in [4.69, 9.17) is 9.47 Å². The van der Waals surface area contributed by atoms with E-state index in [-0.39, 0.29) is 6.61 Å². The molecule has 0 bridgehead atoms. The van der Waals surface area contributed by atoms with E-state index in [1.54, 1.807) is 17.6 Å². The van der Waals surface area contributed by atoms with Crippen molar-refractivity contribution < 1.29 is 14.3 Å². The van der Waals surface area contributed by atoms with Gasteiger partial charge in [-0.1, -0.05) is 0 Å². The number of fused-ring (bicyclic) bond motifs is 1. The van der Waals surface area contributed by atoms with E-state index in [0.717, 1.165) is 30.2 Å². The highest BCUT2D eigenvalue weighted by Crippen LogP contribution is 2.26. The molecule has 0 aromatic carbocycles. The first-order valence-corrected chi connectivity index (χ1v) is 9.00. The highest BCUT2D eigenvalue weighted by molar-refractivity contribution is 5.95. The Bertz CT molecular complexity index is 961. The summed E-state index contributed by atoms with van der Waals surface area (Å²) in [6.45, 7) is 6.97. The van der Waals surface area contributed by atoms with Gasteiger partial charge in [0.05, 0.1) is 25.5 Å². The molecule has 1 aliphatic heterocycles. The van der Waals surface area contributed by atoms with Crippen molar-refractivity contribution >= 4 is 17.4 Å². The van der Waals surface area contributed by atoms with E-state index < -0.39 is 5.97 Å². The average Bonchev–Trinajstić information content (AvgIpc) is 3.07. The zero-order chi connectivity index (χ0) is 18.8. The van der Waals surface area contributed by atoms with Gasteiger partial charge in [-0.3, -0.25) is 0 Å². The molecule has 0 N–H and O–H groups in total. The topological polar surface area (TPSA) is 81.8 Å². The number of carbonyl (C=O) groups is 1. The quantitative estimate of drug-likeness (QED) is 0.653. The van der Waals surface area contributed by atoms with E-state index >= 15 is 0 Å². The number of nitrogens with zero attached hydrogens (tertiary/aromatic N) is 5. The van der Waals surface area contributed by atoms with Gasteiger partial charge in [0, 0.05) is 24.8 Å². The molecule has 0 radical (unpaired) electrons. The molecule has 8 heteroatoms. The number of aryl methyl sites for hydroxylation is 1. The van der Waals surface area contributed by atoms with Gasteiger partial charge < -0.3 is 14.4 Å². The lowest BCUT2D eigenvalue weighted by Gasteiger charge is -2.27. The Balaban J connectivity index is 1.76. The molecule has 0 saturated carbocycles. The first-order valence-electron chi connectivity index (χ1n) is 9.00. The van der Waals surface area contributed by atoms with Crippen molar-refractivity contribution in [3.8, 4) is 11.3 Å². The third kappa shape index (κ3) is 3.35. The second-order valence-electron chi connectivity index (χ2n) is 6.28. The zero-order valence-corrected chi connectivity index (χ0v) is 15.4. The molecule has 4 rings (SSSR count). The molecule has 0 unspecified atom stereocenters. The van der Waals surface area contributed by atoms with E-state index in [9.17, 15) is 4.79 Å². The van der Waals surface area contributed by atoms with Crippen molar-refractivity contribution in [2.24, 2.45) is 0 Å². The summed E-state index contributed by atoms with van der Waals surface area (Å²) in [5.74, 6) is 0.438. The van der Waals surface area contributed by atoms with Gasteiger partial charge in [0.1, 0.15) is 11.5 Å². The van der Waals surface area contributed by atoms with Gasteiger partial charge in [0.2, 0.25) is 0 Å². The zero-order valence-electron chi connectivity index (χ0n) is 15.4. The van der Waals surface area contributed by atoms with Crippen LogP contribution in [-0.2, 0) is 9.47 Å². The Kier molecular flexibility index (Phi) is 4.72. The molecule has 0 aliphatic carbocycles. The van der Waals surface area contributed by atoms with Crippen LogP contribution in [0.3, 0.4) is 0 Å². The maximum absolute atomic E-state index is 12.6. The molecular formula is C19H21N5O3. The van der Waals surface area contributed by atoms with Gasteiger partial charge in [-0.05, 0) is 38.1 Å². The summed E-state index contributed by atoms with van der Waals surface area (Å²) in [5, 5.41) is 4.43. The third-order valence-corrected chi connectivity index (χ3v) is 4.44. The van der Waals surface area contributed by atoms with Gasteiger partial charge in [-0.2, -0.15) is 5.10 Å². The highest BCUT2D eigenvalue weighted by atomic mass is 16.5. The molecule has 0 amide bonds. The molecule has 1 fully saturated rings. The number of pyridine rings is 1. The lowest BCUT2D eigenvalue weighted by atomic mass is 10.1. The fourth-order valence-corrected chi connectivity index (χ4v) is 3.11. The van der Waals surface area contributed by atoms with Crippen LogP contribution in [0.1, 0.15) is 23.1 Å². The SMILES string of the molecule is CCOC(=O)c1c(-c2ccc(N3CCOCC3)nc2)nc2ccc(C)nn12. The Morgan fingerprint density at radius 3 is 2.74 bits per heavy atom. The first kappa shape index (κ1) is 17.4. The number of carbonyl (C=O) groups excluding carboxylic acids is 1. The average molecular weight is 367 g/mol. The van der Waals surface area contributed by atoms with E-state index in [1.165, 1.54) is 0 Å². The standard InChI is InChI=1S/C19H21N5O3/c1-3-27-19(25)18-17(21-16-6-4-13(2)22-24(16)18)14-5-7-15(20-12-14)23-8-10-26-11-9-23/h4-7,12H,3,8-11H2,1-2H3. The minimum atomic E-state index is -0.449. The smallest absolute Gasteiger partial charge is 0.359 e. The number of aromatic nitrogens is 4. The van der Waals surface area contributed by atoms with Gasteiger partial charge in [0.15, 0.2) is 11.3 Å². The number of ether oxygens (including phenoxy) is 2. The van der Waals surface area contributed by atoms with Crippen molar-refractivity contribution in [2.45, 2.75) is 13.8 Å². The molecule has 4 heterocycles. The largest absolute Gasteiger partial charge is 0.461 e. The van der Waals surface area contributed by atoms with Crippen LogP contribution in [0.15, 0.2) is 30.5 Å². The lowest BCUT2D eigenvalue weighted by molar-refractivity contribution is 0.0517. The molecule has 1 aliphatic rings. The summed E-state index contributed by atoms with van der Waals surface area (Å²) in [6.07, 6.45) is 1.74. The first-order chi connectivity index (χ1) is 13.2. The van der Waals surface area contributed by atoms with Gasteiger partial charge in [-0.15, -0.1) is 0 Å². The summed E-state index contributed by atoms with van der Waals surface area (Å²) < 4.78 is 12.2. The molecular weight excluding hydrogens is 346 g/mol. The molecule has 8 nitrogen and oxygen atoms in total. The summed E-state index contributed by atoms with van der Waals surface area (Å²) in [6, 6.07) is 7.57. The number of rotatable bonds is 4. The van der Waals surface area contributed by atoms with Crippen molar-refractivity contribution in [1.29, 1.82) is 0 Å². The van der Waals surface area contributed by atoms with E-state index in [2.05, 4.69) is 20.0 Å². The Labute approximate surface area is 156 Å². The van der Waals surface area contributed by atoms with Crippen LogP contribution in [0, 0.1) is 6.92 Å². The maximum atomic E-state index is 12.6. The molecule has 3 aromatic heterocycles. The highest BCUT2D eigenvalue weighted by Gasteiger charge is 2.23. The minimum absolute atomic E-state index is 0.283. The van der Waals surface area contributed by atoms with Crippen LogP contribution in [0.5, 0.6) is 0 Å². The summed E-state index contributed by atoms with van der Waals surface area (Å²) in [4.78, 5) is 23.9. The second-order valence-corrected chi connectivity index (χ2v) is 6.28. The molecule has 0 spiro atoms. The van der Waals surface area contributed by atoms with Crippen LogP contribution in [0.4, 0.5) is 5.82 Å². The fourth-order valence-electron chi connectivity index (χ4n) is 3.11. The number of anilines is 1. The fraction of sp³-hybridized carbons (Fsp3) is 0.368. The van der Waals surface area contributed by atoms with Gasteiger partial charge in [-0.25, -0.2) is 19.3 Å². The van der Waals surface area contributed by atoms with Crippen molar-refractivity contribution in [3.05, 3.63) is 41.9 Å². The number of morpholine rings is 1. The Morgan fingerprint density at radius 1 is 1.22 bits per heavy atom. The molecule has 0 atom stereocenters. The van der Waals surface area contributed by atoms with Crippen molar-refractivity contribution in [2.75, 3.05) is 37.8 Å². The minimum Gasteiger partial charge on any atom is -0.461 e. The summed E-state index contributed by atoms with van der Waals surface area (Å²) >= 11 is 0. The van der Waals surface area contributed by atoms with Crippen LogP contribution in [0.25, 0.3) is 16.9 Å². The Morgan fingerprint density at radius 2 is 2.04 bits per heavy atom. The van der Waals surface area contributed by atoms with Crippen LogP contribution in [0.2, 0.25) is 0 Å². The van der Waals surface area contributed by atoms with E-state index in [1.807, 2.05) is 31.2 Å². The molecule has 27 heavy (non-hydrogen) atoms. The number of hydrogen-bond acceptors (Lipinski definition) is 7. The predicted octanol–water partition coefficient (Wildman–Crippen LogP) is 2.11. The summed E-state index contributed by atoms with van der Waals surface area (Å²) in [7, 11) is 0. The van der Waals surface area contributed by atoms with E-state index in [0.29, 0.717) is 30.2 Å². The number of imidazole rings is 1. The third-order valence-electron chi connectivity index (χ3n) is 4.44. The van der Waals surface area contributed by atoms with Gasteiger partial charge >= 0.3 is 5.97 Å². The van der Waals surface area contributed by atoms with Crippen LogP contribution >= 0.6 is 0 Å². The maximum Gasteiger partial charge on any atom is 0.359 e. The molecule has 1 saturated heterocycles. The number of esters is 1. The Hall–Kier alpha value is -3.00. The van der Waals surface area contributed by atoms with Gasteiger partial charge in [0.25, 0.3) is 0 Å². The van der Waals surface area contributed by atoms with Crippen molar-refractivity contribution in [3.63, 3.8) is 0 Å². The summed E-state index contributed by atoms with van der Waals surface area (Å²) in [5.41, 5.74) is 2.97. The number of hydrogen-bond donors (Lipinski definition) is 0. The second kappa shape index (κ2) is 7.32. The molecule has 140 valence electrons. The van der Waals surface area contributed by atoms with Crippen LogP contribution in [-0.4, -0.2) is 58.5 Å².